The predicted octanol–water partition coefficient (Wildman–Crippen LogP) is 1.09. The van der Waals surface area contributed by atoms with Crippen LogP contribution in [0.2, 0.25) is 0 Å². The second-order valence-electron chi connectivity index (χ2n) is 3.54. The molecule has 0 aliphatic rings. The van der Waals surface area contributed by atoms with Gasteiger partial charge in [-0.3, -0.25) is 4.79 Å². The van der Waals surface area contributed by atoms with Crippen molar-refractivity contribution in [2.24, 2.45) is 0 Å². The molecule has 1 aromatic heterocycles. The Morgan fingerprint density at radius 1 is 1.41 bits per heavy atom. The maximum atomic E-state index is 13.4. The Balaban J connectivity index is 2.22. The molecule has 0 saturated heterocycles. The summed E-state index contributed by atoms with van der Waals surface area (Å²) in [5.41, 5.74) is 0.894. The molecule has 1 heterocycles. The van der Waals surface area contributed by atoms with Crippen molar-refractivity contribution in [1.29, 1.82) is 0 Å². The molecular weight excluding hydrogens is 225 g/mol. The Hall–Kier alpha value is -2.24. The molecule has 0 spiro atoms. The minimum atomic E-state index is -0.970. The van der Waals surface area contributed by atoms with Crippen LogP contribution in [0.15, 0.2) is 30.5 Å². The average Bonchev–Trinajstić information content (AvgIpc) is 2.68. The number of rotatable bonds is 4. The zero-order valence-electron chi connectivity index (χ0n) is 8.88. The largest absolute Gasteiger partial charge is 0.481 e. The van der Waals surface area contributed by atoms with Gasteiger partial charge in [-0.1, -0.05) is 23.4 Å². The fraction of sp³-hybridized carbons (Fsp3) is 0.182. The van der Waals surface area contributed by atoms with Gasteiger partial charge in [0, 0.05) is 5.56 Å². The molecule has 0 unspecified atom stereocenters. The topological polar surface area (TPSA) is 68.0 Å². The van der Waals surface area contributed by atoms with Crippen molar-refractivity contribution in [2.45, 2.75) is 13.0 Å². The molecule has 0 bridgehead atoms. The van der Waals surface area contributed by atoms with Crippen molar-refractivity contribution in [3.8, 4) is 0 Å². The number of carboxylic acids is 1. The third-order valence-electron chi connectivity index (χ3n) is 2.31. The smallest absolute Gasteiger partial charge is 0.309 e. The van der Waals surface area contributed by atoms with Crippen LogP contribution in [0.5, 0.6) is 0 Å². The summed E-state index contributed by atoms with van der Waals surface area (Å²) in [6.45, 7) is 0.176. The molecule has 17 heavy (non-hydrogen) atoms. The van der Waals surface area contributed by atoms with Gasteiger partial charge >= 0.3 is 5.97 Å². The minimum absolute atomic E-state index is 0.176. The lowest BCUT2D eigenvalue weighted by Gasteiger charge is -2.05. The summed E-state index contributed by atoms with van der Waals surface area (Å²) in [6.07, 6.45) is 1.19. The molecule has 0 radical (unpaired) electrons. The third-order valence-corrected chi connectivity index (χ3v) is 2.31. The van der Waals surface area contributed by atoms with Gasteiger partial charge in [0.15, 0.2) is 0 Å². The van der Waals surface area contributed by atoms with Crippen LogP contribution in [-0.4, -0.2) is 26.1 Å². The number of aliphatic carboxylic acids is 1. The second-order valence-corrected chi connectivity index (χ2v) is 3.54. The van der Waals surface area contributed by atoms with Crippen LogP contribution in [0, 0.1) is 5.82 Å². The van der Waals surface area contributed by atoms with Gasteiger partial charge in [0.2, 0.25) is 0 Å². The summed E-state index contributed by atoms with van der Waals surface area (Å²) in [4.78, 5) is 10.6. The van der Waals surface area contributed by atoms with Gasteiger partial charge in [0.1, 0.15) is 5.82 Å². The zero-order chi connectivity index (χ0) is 12.3. The average molecular weight is 235 g/mol. The highest BCUT2D eigenvalue weighted by Gasteiger charge is 2.10. The van der Waals surface area contributed by atoms with Crippen LogP contribution < -0.4 is 0 Å². The number of halogens is 1. The summed E-state index contributed by atoms with van der Waals surface area (Å²) in [5, 5.41) is 16.1. The molecule has 5 nitrogen and oxygen atoms in total. The van der Waals surface area contributed by atoms with Crippen LogP contribution in [0.25, 0.3) is 0 Å². The molecule has 2 rings (SSSR count). The molecule has 0 atom stereocenters. The highest BCUT2D eigenvalue weighted by Crippen LogP contribution is 2.09. The molecule has 0 saturated carbocycles. The monoisotopic (exact) mass is 235 g/mol. The van der Waals surface area contributed by atoms with E-state index >= 15 is 0 Å². The molecule has 0 aliphatic carbocycles. The minimum Gasteiger partial charge on any atom is -0.481 e. The quantitative estimate of drug-likeness (QED) is 0.861. The molecule has 0 fully saturated rings. The van der Waals surface area contributed by atoms with Crippen molar-refractivity contribution in [2.75, 3.05) is 0 Å². The molecule has 0 amide bonds. The van der Waals surface area contributed by atoms with E-state index in [-0.39, 0.29) is 18.8 Å². The van der Waals surface area contributed by atoms with Crippen molar-refractivity contribution in [3.05, 3.63) is 47.5 Å². The standard InChI is InChI=1S/C11H10FN3O2/c12-10-4-2-1-3-8(10)7-15-9(5-11(16)17)6-13-14-15/h1-4,6H,5,7H2,(H,16,17). The fourth-order valence-corrected chi connectivity index (χ4v) is 1.49. The Bertz CT molecular complexity index is 539. The van der Waals surface area contributed by atoms with E-state index in [0.29, 0.717) is 11.3 Å². The molecular formula is C11H10FN3O2. The first-order valence-corrected chi connectivity index (χ1v) is 4.99. The molecule has 88 valence electrons. The van der Waals surface area contributed by atoms with Crippen molar-refractivity contribution >= 4 is 5.97 Å². The van der Waals surface area contributed by atoms with Crippen LogP contribution >= 0.6 is 0 Å². The van der Waals surface area contributed by atoms with E-state index in [1.165, 1.54) is 16.9 Å². The van der Waals surface area contributed by atoms with E-state index < -0.39 is 5.97 Å². The van der Waals surface area contributed by atoms with E-state index in [4.69, 9.17) is 5.11 Å². The Kier molecular flexibility index (Phi) is 3.13. The van der Waals surface area contributed by atoms with E-state index in [2.05, 4.69) is 10.3 Å². The number of hydrogen-bond acceptors (Lipinski definition) is 3. The number of hydrogen-bond donors (Lipinski definition) is 1. The van der Waals surface area contributed by atoms with Gasteiger partial charge in [-0.25, -0.2) is 9.07 Å². The summed E-state index contributed by atoms with van der Waals surface area (Å²) in [7, 11) is 0. The van der Waals surface area contributed by atoms with Crippen LogP contribution in [0.1, 0.15) is 11.3 Å². The van der Waals surface area contributed by atoms with Gasteiger partial charge in [-0.15, -0.1) is 5.10 Å². The normalized spacial score (nSPS) is 10.4. The fourth-order valence-electron chi connectivity index (χ4n) is 1.49. The Morgan fingerprint density at radius 3 is 2.88 bits per heavy atom. The highest BCUT2D eigenvalue weighted by molar-refractivity contribution is 5.69. The lowest BCUT2D eigenvalue weighted by molar-refractivity contribution is -0.136. The second kappa shape index (κ2) is 4.73. The third kappa shape index (κ3) is 2.66. The first-order chi connectivity index (χ1) is 8.16. The van der Waals surface area contributed by atoms with Crippen molar-refractivity contribution in [3.63, 3.8) is 0 Å². The van der Waals surface area contributed by atoms with E-state index in [1.807, 2.05) is 0 Å². The molecule has 6 heteroatoms. The molecule has 1 N–H and O–H groups in total. The lowest BCUT2D eigenvalue weighted by atomic mass is 10.2. The van der Waals surface area contributed by atoms with Gasteiger partial charge in [-0.2, -0.15) is 0 Å². The van der Waals surface area contributed by atoms with Crippen molar-refractivity contribution < 1.29 is 14.3 Å². The Morgan fingerprint density at radius 2 is 2.18 bits per heavy atom. The maximum Gasteiger partial charge on any atom is 0.309 e. The number of benzene rings is 1. The lowest BCUT2D eigenvalue weighted by Crippen LogP contribution is -2.11. The SMILES string of the molecule is O=C(O)Cc1cnnn1Cc1ccccc1F. The maximum absolute atomic E-state index is 13.4. The van der Waals surface area contributed by atoms with Gasteiger partial charge in [0.05, 0.1) is 24.9 Å². The van der Waals surface area contributed by atoms with Crippen LogP contribution in [0.4, 0.5) is 4.39 Å². The van der Waals surface area contributed by atoms with E-state index in [0.717, 1.165) is 0 Å². The summed E-state index contributed by atoms with van der Waals surface area (Å²) < 4.78 is 14.8. The van der Waals surface area contributed by atoms with Crippen LogP contribution in [-0.2, 0) is 17.8 Å². The molecule has 0 aliphatic heterocycles. The number of carbonyl (C=O) groups is 1. The van der Waals surface area contributed by atoms with Crippen molar-refractivity contribution in [1.82, 2.24) is 15.0 Å². The van der Waals surface area contributed by atoms with E-state index in [9.17, 15) is 9.18 Å². The van der Waals surface area contributed by atoms with Crippen LogP contribution in [0.3, 0.4) is 0 Å². The Labute approximate surface area is 96.5 Å². The van der Waals surface area contributed by atoms with E-state index in [1.54, 1.807) is 18.2 Å². The summed E-state index contributed by atoms with van der Waals surface area (Å²) >= 11 is 0. The summed E-state index contributed by atoms with van der Waals surface area (Å²) in [6, 6.07) is 6.29. The molecule has 1 aromatic carbocycles. The zero-order valence-corrected chi connectivity index (χ0v) is 8.88. The number of carboxylic acid groups (broad SMARTS) is 1. The van der Waals surface area contributed by atoms with Gasteiger partial charge in [-0.05, 0) is 6.07 Å². The van der Waals surface area contributed by atoms with Gasteiger partial charge < -0.3 is 5.11 Å². The number of nitrogens with zero attached hydrogens (tertiary/aromatic N) is 3. The molecule has 2 aromatic rings. The highest BCUT2D eigenvalue weighted by atomic mass is 19.1. The predicted molar refractivity (Wildman–Crippen MR) is 56.9 cm³/mol. The first-order valence-electron chi connectivity index (χ1n) is 4.99. The van der Waals surface area contributed by atoms with Gasteiger partial charge in [0.25, 0.3) is 0 Å². The summed E-state index contributed by atoms with van der Waals surface area (Å²) in [5.74, 6) is -1.31. The first kappa shape index (κ1) is 11.3. The number of aromatic nitrogens is 3.